The topological polar surface area (TPSA) is 79.1 Å². The normalized spacial score (nSPS) is 32.1. The second kappa shape index (κ2) is 4.45. The molecule has 2 atom stereocenters. The summed E-state index contributed by atoms with van der Waals surface area (Å²) in [5.41, 5.74) is 0.345. The number of nitrogens with zero attached hydrogens (tertiary/aromatic N) is 1. The van der Waals surface area contributed by atoms with Gasteiger partial charge in [-0.2, -0.15) is 0 Å². The van der Waals surface area contributed by atoms with Gasteiger partial charge in [-0.1, -0.05) is 0 Å². The fourth-order valence-electron chi connectivity index (χ4n) is 1.19. The molecule has 2 N–H and O–H groups in total. The van der Waals surface area contributed by atoms with E-state index in [2.05, 4.69) is 4.99 Å². The number of amides is 1. The summed E-state index contributed by atoms with van der Waals surface area (Å²) in [6, 6.07) is 0. The molecule has 0 radical (unpaired) electrons. The second-order valence-corrected chi connectivity index (χ2v) is 2.99. The van der Waals surface area contributed by atoms with Crippen LogP contribution in [-0.2, 0) is 9.53 Å². The zero-order valence-corrected chi connectivity index (χ0v) is 7.43. The van der Waals surface area contributed by atoms with Gasteiger partial charge in [0.25, 0.3) is 0 Å². The van der Waals surface area contributed by atoms with Gasteiger partial charge in [0.2, 0.25) is 5.91 Å². The van der Waals surface area contributed by atoms with Crippen LogP contribution >= 0.6 is 0 Å². The minimum atomic E-state index is -0.769. The zero-order valence-electron chi connectivity index (χ0n) is 7.43. The van der Waals surface area contributed by atoms with Crippen LogP contribution in [0.2, 0.25) is 0 Å². The number of ether oxygens (including phenoxy) is 1. The SMILES string of the molecule is CC(=O)N=C1CO[C@H](CO)C[C@@H]1O. The second-order valence-electron chi connectivity index (χ2n) is 2.99. The van der Waals surface area contributed by atoms with Gasteiger partial charge in [0.15, 0.2) is 0 Å². The molecule has 0 spiro atoms. The first-order chi connectivity index (χ1) is 6.13. The summed E-state index contributed by atoms with van der Waals surface area (Å²) in [6.07, 6.45) is -0.821. The molecule has 0 aromatic heterocycles. The molecule has 13 heavy (non-hydrogen) atoms. The molecule has 0 unspecified atom stereocenters. The lowest BCUT2D eigenvalue weighted by molar-refractivity contribution is -0.115. The molecular formula is C8H13NO4. The standard InChI is InChI=1S/C8H13NO4/c1-5(11)9-7-4-13-6(3-10)2-8(7)12/h6,8,10,12H,2-4H2,1H3/t6-,8-/m0/s1. The summed E-state index contributed by atoms with van der Waals surface area (Å²) in [4.78, 5) is 14.2. The summed E-state index contributed by atoms with van der Waals surface area (Å²) in [5.74, 6) is -0.347. The Balaban J connectivity index is 2.58. The molecule has 0 aromatic rings. The van der Waals surface area contributed by atoms with Crippen molar-refractivity contribution >= 4 is 11.6 Å². The Morgan fingerprint density at radius 2 is 2.46 bits per heavy atom. The van der Waals surface area contributed by atoms with Gasteiger partial charge in [0.05, 0.1) is 31.1 Å². The van der Waals surface area contributed by atoms with Crippen molar-refractivity contribution in [2.24, 2.45) is 4.99 Å². The largest absolute Gasteiger partial charge is 0.394 e. The number of carbonyl (C=O) groups is 1. The molecule has 0 saturated carbocycles. The first-order valence-corrected chi connectivity index (χ1v) is 4.12. The number of aliphatic hydroxyl groups is 2. The van der Waals surface area contributed by atoms with E-state index in [-0.39, 0.29) is 25.2 Å². The van der Waals surface area contributed by atoms with Gasteiger partial charge in [-0.05, 0) is 0 Å². The fraction of sp³-hybridized carbons (Fsp3) is 0.750. The quantitative estimate of drug-likeness (QED) is 0.558. The molecule has 1 fully saturated rings. The van der Waals surface area contributed by atoms with Crippen molar-refractivity contribution < 1.29 is 19.7 Å². The van der Waals surface area contributed by atoms with E-state index in [1.54, 1.807) is 0 Å². The predicted molar refractivity (Wildman–Crippen MR) is 45.6 cm³/mol. The Kier molecular flexibility index (Phi) is 3.53. The van der Waals surface area contributed by atoms with Crippen LogP contribution in [0.15, 0.2) is 4.99 Å². The zero-order chi connectivity index (χ0) is 9.84. The third kappa shape index (κ3) is 2.87. The first kappa shape index (κ1) is 10.3. The van der Waals surface area contributed by atoms with E-state index in [1.807, 2.05) is 0 Å². The maximum absolute atomic E-state index is 10.6. The highest BCUT2D eigenvalue weighted by atomic mass is 16.5. The number of hydrogen-bond donors (Lipinski definition) is 2. The lowest BCUT2D eigenvalue weighted by atomic mass is 10.0. The number of aliphatic imine (C=N–C) groups is 1. The van der Waals surface area contributed by atoms with Crippen LogP contribution in [0, 0.1) is 0 Å². The first-order valence-electron chi connectivity index (χ1n) is 4.12. The minimum absolute atomic E-state index is 0.117. The molecule has 5 nitrogen and oxygen atoms in total. The maximum atomic E-state index is 10.6. The van der Waals surface area contributed by atoms with Gasteiger partial charge in [0.1, 0.15) is 0 Å². The molecule has 1 amide bonds. The molecule has 0 aromatic carbocycles. The molecule has 1 saturated heterocycles. The van der Waals surface area contributed by atoms with Crippen molar-refractivity contribution in [3.05, 3.63) is 0 Å². The average Bonchev–Trinajstić information content (AvgIpc) is 2.08. The van der Waals surface area contributed by atoms with E-state index in [1.165, 1.54) is 6.92 Å². The van der Waals surface area contributed by atoms with Crippen molar-refractivity contribution in [2.75, 3.05) is 13.2 Å². The van der Waals surface area contributed by atoms with E-state index in [0.29, 0.717) is 12.1 Å². The number of hydrogen-bond acceptors (Lipinski definition) is 4. The van der Waals surface area contributed by atoms with Gasteiger partial charge < -0.3 is 14.9 Å². The lowest BCUT2D eigenvalue weighted by Gasteiger charge is -2.26. The van der Waals surface area contributed by atoms with Crippen LogP contribution in [0.1, 0.15) is 13.3 Å². The van der Waals surface area contributed by atoms with Crippen molar-refractivity contribution in [3.63, 3.8) is 0 Å². The smallest absolute Gasteiger partial charge is 0.242 e. The molecule has 0 aliphatic carbocycles. The van der Waals surface area contributed by atoms with E-state index in [0.717, 1.165) is 0 Å². The van der Waals surface area contributed by atoms with Crippen LogP contribution in [-0.4, -0.2) is 47.3 Å². The summed E-state index contributed by atoms with van der Waals surface area (Å²) in [6.45, 7) is 1.31. The van der Waals surface area contributed by atoms with E-state index in [4.69, 9.17) is 9.84 Å². The summed E-state index contributed by atoms with van der Waals surface area (Å²) >= 11 is 0. The molecule has 74 valence electrons. The number of aliphatic hydroxyl groups excluding tert-OH is 2. The monoisotopic (exact) mass is 187 g/mol. The van der Waals surface area contributed by atoms with Gasteiger partial charge >= 0.3 is 0 Å². The highest BCUT2D eigenvalue weighted by molar-refractivity contribution is 5.98. The maximum Gasteiger partial charge on any atom is 0.242 e. The molecule has 1 rings (SSSR count). The van der Waals surface area contributed by atoms with Gasteiger partial charge in [-0.3, -0.25) is 4.79 Å². The summed E-state index contributed by atoms with van der Waals surface area (Å²) in [5, 5.41) is 18.2. The van der Waals surface area contributed by atoms with Crippen molar-refractivity contribution in [1.82, 2.24) is 0 Å². The molecule has 0 bridgehead atoms. The van der Waals surface area contributed by atoms with Gasteiger partial charge in [0, 0.05) is 13.3 Å². The third-order valence-corrected chi connectivity index (χ3v) is 1.84. The Bertz CT molecular complexity index is 226. The van der Waals surface area contributed by atoms with Crippen LogP contribution in [0.3, 0.4) is 0 Å². The van der Waals surface area contributed by atoms with Crippen LogP contribution in [0.5, 0.6) is 0 Å². The fourth-order valence-corrected chi connectivity index (χ4v) is 1.19. The van der Waals surface area contributed by atoms with E-state index >= 15 is 0 Å². The average molecular weight is 187 g/mol. The van der Waals surface area contributed by atoms with Gasteiger partial charge in [-0.15, -0.1) is 0 Å². The van der Waals surface area contributed by atoms with Crippen molar-refractivity contribution in [2.45, 2.75) is 25.6 Å². The van der Waals surface area contributed by atoms with Gasteiger partial charge in [-0.25, -0.2) is 4.99 Å². The van der Waals surface area contributed by atoms with Crippen LogP contribution in [0.4, 0.5) is 0 Å². The van der Waals surface area contributed by atoms with Crippen LogP contribution in [0.25, 0.3) is 0 Å². The molecule has 1 aliphatic rings. The predicted octanol–water partition coefficient (Wildman–Crippen LogP) is -0.884. The molecule has 1 heterocycles. The highest BCUT2D eigenvalue weighted by Gasteiger charge is 2.25. The molecular weight excluding hydrogens is 174 g/mol. The number of carbonyl (C=O) groups excluding carboxylic acids is 1. The Morgan fingerprint density at radius 1 is 1.77 bits per heavy atom. The molecule has 5 heteroatoms. The summed E-state index contributed by atoms with van der Waals surface area (Å²) < 4.78 is 5.12. The minimum Gasteiger partial charge on any atom is -0.394 e. The van der Waals surface area contributed by atoms with E-state index in [9.17, 15) is 9.90 Å². The lowest BCUT2D eigenvalue weighted by Crippen LogP contribution is -2.39. The van der Waals surface area contributed by atoms with E-state index < -0.39 is 6.10 Å². The highest BCUT2D eigenvalue weighted by Crippen LogP contribution is 2.11. The number of rotatable bonds is 1. The Labute approximate surface area is 76.0 Å². The Morgan fingerprint density at radius 3 is 2.92 bits per heavy atom. The van der Waals surface area contributed by atoms with Crippen molar-refractivity contribution in [3.8, 4) is 0 Å². The molecule has 1 aliphatic heterocycles. The van der Waals surface area contributed by atoms with Crippen LogP contribution < -0.4 is 0 Å². The Hall–Kier alpha value is -0.780. The third-order valence-electron chi connectivity index (χ3n) is 1.84. The summed E-state index contributed by atoms with van der Waals surface area (Å²) in [7, 11) is 0. The van der Waals surface area contributed by atoms with Crippen molar-refractivity contribution in [1.29, 1.82) is 0 Å².